The molecule has 7 heteroatoms. The number of imidazole rings is 1. The van der Waals surface area contributed by atoms with Crippen LogP contribution in [0.3, 0.4) is 0 Å². The summed E-state index contributed by atoms with van der Waals surface area (Å²) < 4.78 is 32.8. The Labute approximate surface area is 149 Å². The molecule has 136 valence electrons. The summed E-state index contributed by atoms with van der Waals surface area (Å²) in [5.41, 5.74) is 1.05. The number of sulfone groups is 1. The minimum atomic E-state index is -3.28. The van der Waals surface area contributed by atoms with Crippen molar-refractivity contribution in [1.82, 2.24) is 14.9 Å². The van der Waals surface area contributed by atoms with Crippen molar-refractivity contribution in [3.8, 4) is 0 Å². The van der Waals surface area contributed by atoms with Crippen molar-refractivity contribution in [1.29, 1.82) is 0 Å². The van der Waals surface area contributed by atoms with Crippen LogP contribution in [0.4, 0.5) is 0 Å². The standard InChI is InChI=1S/C18H25N3O3S/c1-14(12-25(22,23)16-6-4-3-5-7-16)20-15-8-9-24-18(10-15)17-11-19-13-21(17)2/h3-7,11,13-15,18,20H,8-10,12H2,1-2H3. The number of ether oxygens (including phenoxy) is 1. The normalized spacial score (nSPS) is 22.6. The van der Waals surface area contributed by atoms with Gasteiger partial charge < -0.3 is 14.6 Å². The molecule has 1 aliphatic rings. The van der Waals surface area contributed by atoms with E-state index in [1.165, 1.54) is 0 Å². The average molecular weight is 363 g/mol. The van der Waals surface area contributed by atoms with Crippen molar-refractivity contribution in [3.63, 3.8) is 0 Å². The van der Waals surface area contributed by atoms with E-state index in [2.05, 4.69) is 10.3 Å². The van der Waals surface area contributed by atoms with Crippen molar-refractivity contribution in [3.05, 3.63) is 48.5 Å². The Balaban J connectivity index is 1.59. The van der Waals surface area contributed by atoms with E-state index in [0.717, 1.165) is 18.5 Å². The summed E-state index contributed by atoms with van der Waals surface area (Å²) in [7, 11) is -1.33. The van der Waals surface area contributed by atoms with Gasteiger partial charge in [-0.2, -0.15) is 0 Å². The van der Waals surface area contributed by atoms with Crippen LogP contribution in [0.2, 0.25) is 0 Å². The molecule has 0 bridgehead atoms. The lowest BCUT2D eigenvalue weighted by Gasteiger charge is -2.32. The molecule has 3 unspecified atom stereocenters. The Morgan fingerprint density at radius 1 is 1.36 bits per heavy atom. The second kappa shape index (κ2) is 7.68. The third-order valence-electron chi connectivity index (χ3n) is 4.56. The zero-order valence-electron chi connectivity index (χ0n) is 14.6. The van der Waals surface area contributed by atoms with Crippen molar-refractivity contribution in [2.75, 3.05) is 12.4 Å². The van der Waals surface area contributed by atoms with E-state index in [-0.39, 0.29) is 23.9 Å². The Kier molecular flexibility index (Phi) is 5.56. The Morgan fingerprint density at radius 2 is 2.12 bits per heavy atom. The van der Waals surface area contributed by atoms with Crippen LogP contribution in [0.5, 0.6) is 0 Å². The number of benzene rings is 1. The van der Waals surface area contributed by atoms with Gasteiger partial charge in [-0.25, -0.2) is 13.4 Å². The summed E-state index contributed by atoms with van der Waals surface area (Å²) in [5, 5.41) is 3.47. The molecular formula is C18H25N3O3S. The molecular weight excluding hydrogens is 338 g/mol. The third-order valence-corrected chi connectivity index (χ3v) is 6.49. The monoisotopic (exact) mass is 363 g/mol. The molecule has 25 heavy (non-hydrogen) atoms. The summed E-state index contributed by atoms with van der Waals surface area (Å²) in [5.74, 6) is 0.0880. The molecule has 2 aromatic rings. The summed E-state index contributed by atoms with van der Waals surface area (Å²) in [6.07, 6.45) is 5.29. The van der Waals surface area contributed by atoms with Crippen LogP contribution < -0.4 is 5.32 Å². The number of hydrogen-bond acceptors (Lipinski definition) is 5. The quantitative estimate of drug-likeness (QED) is 0.851. The van der Waals surface area contributed by atoms with Crippen molar-refractivity contribution < 1.29 is 13.2 Å². The van der Waals surface area contributed by atoms with Crippen molar-refractivity contribution in [2.24, 2.45) is 7.05 Å². The fourth-order valence-electron chi connectivity index (χ4n) is 3.34. The van der Waals surface area contributed by atoms with Gasteiger partial charge in [0.05, 0.1) is 28.9 Å². The third kappa shape index (κ3) is 4.48. The van der Waals surface area contributed by atoms with Crippen LogP contribution in [0.25, 0.3) is 0 Å². The van der Waals surface area contributed by atoms with E-state index < -0.39 is 9.84 Å². The van der Waals surface area contributed by atoms with Gasteiger partial charge in [0.2, 0.25) is 0 Å². The molecule has 1 aromatic carbocycles. The lowest BCUT2D eigenvalue weighted by molar-refractivity contribution is -0.00491. The first-order valence-electron chi connectivity index (χ1n) is 8.57. The highest BCUT2D eigenvalue weighted by atomic mass is 32.2. The van der Waals surface area contributed by atoms with Gasteiger partial charge in [0, 0.05) is 25.7 Å². The summed E-state index contributed by atoms with van der Waals surface area (Å²) >= 11 is 0. The van der Waals surface area contributed by atoms with E-state index in [4.69, 9.17) is 4.74 Å². The molecule has 0 aliphatic carbocycles. The first-order chi connectivity index (χ1) is 12.0. The highest BCUT2D eigenvalue weighted by Crippen LogP contribution is 2.28. The molecule has 0 amide bonds. The van der Waals surface area contributed by atoms with Gasteiger partial charge in [0.25, 0.3) is 0 Å². The molecule has 1 aliphatic heterocycles. The second-order valence-electron chi connectivity index (χ2n) is 6.67. The largest absolute Gasteiger partial charge is 0.372 e. The van der Waals surface area contributed by atoms with E-state index in [1.807, 2.05) is 30.8 Å². The maximum absolute atomic E-state index is 12.5. The van der Waals surface area contributed by atoms with Gasteiger partial charge in [-0.15, -0.1) is 0 Å². The molecule has 6 nitrogen and oxygen atoms in total. The van der Waals surface area contributed by atoms with Gasteiger partial charge in [0.1, 0.15) is 6.10 Å². The van der Waals surface area contributed by atoms with E-state index in [1.54, 1.807) is 30.6 Å². The summed E-state index contributed by atoms with van der Waals surface area (Å²) in [4.78, 5) is 4.53. The van der Waals surface area contributed by atoms with E-state index in [0.29, 0.717) is 11.5 Å². The Bertz CT molecular complexity index is 789. The van der Waals surface area contributed by atoms with Crippen LogP contribution in [-0.4, -0.2) is 42.4 Å². The van der Waals surface area contributed by atoms with Gasteiger partial charge >= 0.3 is 0 Å². The fraction of sp³-hybridized carbons (Fsp3) is 0.500. The lowest BCUT2D eigenvalue weighted by atomic mass is 10.0. The number of hydrogen-bond donors (Lipinski definition) is 1. The Morgan fingerprint density at radius 3 is 2.80 bits per heavy atom. The fourth-order valence-corrected chi connectivity index (χ4v) is 4.85. The molecule has 2 heterocycles. The average Bonchev–Trinajstić information content (AvgIpc) is 3.01. The summed E-state index contributed by atoms with van der Waals surface area (Å²) in [6.45, 7) is 2.58. The van der Waals surface area contributed by atoms with E-state index in [9.17, 15) is 8.42 Å². The van der Waals surface area contributed by atoms with E-state index >= 15 is 0 Å². The van der Waals surface area contributed by atoms with Crippen LogP contribution >= 0.6 is 0 Å². The van der Waals surface area contributed by atoms with Crippen LogP contribution in [0, 0.1) is 0 Å². The van der Waals surface area contributed by atoms with Gasteiger partial charge in [-0.1, -0.05) is 18.2 Å². The minimum Gasteiger partial charge on any atom is -0.372 e. The smallest absolute Gasteiger partial charge is 0.179 e. The molecule has 1 N–H and O–H groups in total. The first-order valence-corrected chi connectivity index (χ1v) is 10.2. The zero-order valence-corrected chi connectivity index (χ0v) is 15.4. The highest BCUT2D eigenvalue weighted by molar-refractivity contribution is 7.91. The predicted molar refractivity (Wildman–Crippen MR) is 96.0 cm³/mol. The molecule has 3 rings (SSSR count). The number of aromatic nitrogens is 2. The maximum Gasteiger partial charge on any atom is 0.179 e. The number of aryl methyl sites for hydroxylation is 1. The van der Waals surface area contributed by atoms with Crippen LogP contribution in [0.15, 0.2) is 47.8 Å². The summed E-state index contributed by atoms with van der Waals surface area (Å²) in [6, 6.07) is 8.73. The maximum atomic E-state index is 12.5. The van der Waals surface area contributed by atoms with Crippen LogP contribution in [-0.2, 0) is 21.6 Å². The SMILES string of the molecule is CC(CS(=O)(=O)c1ccccc1)NC1CCOC(c2cncn2C)C1. The molecule has 3 atom stereocenters. The molecule has 0 spiro atoms. The molecule has 0 saturated carbocycles. The number of nitrogens with zero attached hydrogens (tertiary/aromatic N) is 2. The van der Waals surface area contributed by atoms with Gasteiger partial charge in [0.15, 0.2) is 9.84 Å². The van der Waals surface area contributed by atoms with Crippen LogP contribution in [0.1, 0.15) is 31.6 Å². The number of rotatable bonds is 6. The molecule has 1 aromatic heterocycles. The molecule has 1 fully saturated rings. The predicted octanol–water partition coefficient (Wildman–Crippen LogP) is 2.09. The Hall–Kier alpha value is -1.70. The first kappa shape index (κ1) is 18.1. The highest BCUT2D eigenvalue weighted by Gasteiger charge is 2.28. The number of nitrogens with one attached hydrogen (secondary N) is 1. The lowest BCUT2D eigenvalue weighted by Crippen LogP contribution is -2.44. The molecule has 0 radical (unpaired) electrons. The minimum absolute atomic E-state index is 0.00307. The topological polar surface area (TPSA) is 73.2 Å². The zero-order chi connectivity index (χ0) is 17.9. The molecule has 1 saturated heterocycles. The second-order valence-corrected chi connectivity index (χ2v) is 8.71. The van der Waals surface area contributed by atoms with Gasteiger partial charge in [-0.05, 0) is 31.9 Å². The van der Waals surface area contributed by atoms with Crippen molar-refractivity contribution in [2.45, 2.75) is 42.8 Å². The van der Waals surface area contributed by atoms with Crippen molar-refractivity contribution >= 4 is 9.84 Å². The van der Waals surface area contributed by atoms with Gasteiger partial charge in [-0.3, -0.25) is 0 Å².